The predicted octanol–water partition coefficient (Wildman–Crippen LogP) is 6.08. The third kappa shape index (κ3) is 3.58. The number of hydrogen-bond acceptors (Lipinski definition) is 1. The van der Waals surface area contributed by atoms with Crippen LogP contribution in [-0.2, 0) is 0 Å². The zero-order chi connectivity index (χ0) is 24.1. The molecule has 1 aliphatic rings. The van der Waals surface area contributed by atoms with Gasteiger partial charge >= 0.3 is 8.32 Å². The van der Waals surface area contributed by atoms with Crippen LogP contribution >= 0.6 is 11.6 Å². The molecule has 0 aromatic heterocycles. The van der Waals surface area contributed by atoms with E-state index in [9.17, 15) is 0 Å². The molecule has 172 valence electrons. The summed E-state index contributed by atoms with van der Waals surface area (Å²) in [6.45, 7) is 11.8. The van der Waals surface area contributed by atoms with Crippen molar-refractivity contribution in [2.45, 2.75) is 38.9 Å². The van der Waals surface area contributed by atoms with Crippen LogP contribution in [0.5, 0.6) is 5.75 Å². The van der Waals surface area contributed by atoms with Crippen molar-refractivity contribution in [2.24, 2.45) is 0 Å². The quantitative estimate of drug-likeness (QED) is 0.310. The highest BCUT2D eigenvalue weighted by molar-refractivity contribution is 7.04. The predicted molar refractivity (Wildman–Crippen MR) is 152 cm³/mol. The summed E-state index contributed by atoms with van der Waals surface area (Å²) in [6, 6.07) is 34.8. The van der Waals surface area contributed by atoms with E-state index in [1.807, 2.05) is 6.07 Å². The van der Waals surface area contributed by atoms with Crippen molar-refractivity contribution in [3.63, 3.8) is 0 Å². The molecule has 0 unspecified atom stereocenters. The maximum Gasteiger partial charge on any atom is 0.319 e. The SMILES string of the molecule is CC(C)(C)[Si](Oc1ccc2c(c1)-c1ccc(Cl)cc1[Si]2(C)C)(c1ccccc1)c1ccccc1. The van der Waals surface area contributed by atoms with Gasteiger partial charge in [0.2, 0.25) is 0 Å². The molecule has 1 aliphatic heterocycles. The molecule has 4 aromatic rings. The Morgan fingerprint density at radius 3 is 1.82 bits per heavy atom. The summed E-state index contributed by atoms with van der Waals surface area (Å²) in [6.07, 6.45) is 0. The van der Waals surface area contributed by atoms with E-state index in [0.29, 0.717) is 0 Å². The fourth-order valence-electron chi connectivity index (χ4n) is 5.59. The van der Waals surface area contributed by atoms with Crippen LogP contribution in [0.25, 0.3) is 11.1 Å². The fraction of sp³-hybridized carbons (Fsp3) is 0.200. The van der Waals surface area contributed by atoms with Gasteiger partial charge in [-0.3, -0.25) is 0 Å². The monoisotopic (exact) mass is 498 g/mol. The van der Waals surface area contributed by atoms with Crippen LogP contribution in [0.3, 0.4) is 0 Å². The minimum absolute atomic E-state index is 0.0752. The second-order valence-corrected chi connectivity index (χ2v) is 19.8. The Labute approximate surface area is 210 Å². The second kappa shape index (κ2) is 8.26. The van der Waals surface area contributed by atoms with E-state index in [1.165, 1.54) is 31.9 Å². The van der Waals surface area contributed by atoms with Gasteiger partial charge < -0.3 is 4.43 Å². The molecule has 5 rings (SSSR count). The maximum absolute atomic E-state index is 7.30. The van der Waals surface area contributed by atoms with Crippen LogP contribution in [0.4, 0.5) is 0 Å². The molecule has 0 radical (unpaired) electrons. The van der Waals surface area contributed by atoms with Crippen molar-refractivity contribution in [3.05, 3.63) is 102 Å². The Hall–Kier alpha value is -2.60. The Morgan fingerprint density at radius 2 is 1.26 bits per heavy atom. The highest BCUT2D eigenvalue weighted by Crippen LogP contribution is 2.39. The standard InChI is InChI=1S/C30H31ClOSi2/c1-30(2,3)34(24-12-8-6-9-13-24,25-14-10-7-11-15-25)32-23-17-19-28-27(21-23)26-18-16-22(31)20-29(26)33(28,4)5/h6-21H,1-5H3. The van der Waals surface area contributed by atoms with Gasteiger partial charge in [-0.1, -0.05) is 118 Å². The lowest BCUT2D eigenvalue weighted by atomic mass is 10.1. The lowest BCUT2D eigenvalue weighted by molar-refractivity contribution is 0.508. The van der Waals surface area contributed by atoms with Gasteiger partial charge in [0.05, 0.1) is 0 Å². The average Bonchev–Trinajstić information content (AvgIpc) is 3.03. The molecule has 0 aliphatic carbocycles. The average molecular weight is 499 g/mol. The molecule has 0 fully saturated rings. The summed E-state index contributed by atoms with van der Waals surface area (Å²) in [4.78, 5) is 0. The van der Waals surface area contributed by atoms with Crippen LogP contribution in [-0.4, -0.2) is 16.4 Å². The molecular formula is C30H31ClOSi2. The Kier molecular flexibility index (Phi) is 5.63. The fourth-order valence-corrected chi connectivity index (χ4v) is 13.3. The lowest BCUT2D eigenvalue weighted by Gasteiger charge is -2.43. The van der Waals surface area contributed by atoms with Crippen LogP contribution in [0.1, 0.15) is 20.8 Å². The molecule has 0 spiro atoms. The smallest absolute Gasteiger partial charge is 0.319 e. The van der Waals surface area contributed by atoms with Crippen molar-refractivity contribution in [3.8, 4) is 16.9 Å². The number of hydrogen-bond donors (Lipinski definition) is 0. The van der Waals surface area contributed by atoms with E-state index < -0.39 is 16.4 Å². The van der Waals surface area contributed by atoms with Crippen LogP contribution < -0.4 is 25.2 Å². The van der Waals surface area contributed by atoms with E-state index in [4.69, 9.17) is 16.0 Å². The first kappa shape index (κ1) is 23.2. The van der Waals surface area contributed by atoms with E-state index in [1.54, 1.807) is 0 Å². The molecule has 4 heteroatoms. The lowest BCUT2D eigenvalue weighted by Crippen LogP contribution is -2.68. The molecular weight excluding hydrogens is 468 g/mol. The maximum atomic E-state index is 7.30. The van der Waals surface area contributed by atoms with Gasteiger partial charge in [0.1, 0.15) is 13.8 Å². The van der Waals surface area contributed by atoms with Gasteiger partial charge in [0, 0.05) is 5.02 Å². The first-order chi connectivity index (χ1) is 16.1. The summed E-state index contributed by atoms with van der Waals surface area (Å²) < 4.78 is 7.30. The molecule has 0 saturated carbocycles. The van der Waals surface area contributed by atoms with Crippen molar-refractivity contribution in [1.29, 1.82) is 0 Å². The third-order valence-electron chi connectivity index (χ3n) is 7.30. The zero-order valence-electron chi connectivity index (χ0n) is 20.5. The van der Waals surface area contributed by atoms with Crippen LogP contribution in [0.15, 0.2) is 97.1 Å². The first-order valence-electron chi connectivity index (χ1n) is 11.9. The molecule has 1 nitrogen and oxygen atoms in total. The summed E-state index contributed by atoms with van der Waals surface area (Å²) in [5.41, 5.74) is 2.61. The van der Waals surface area contributed by atoms with Gasteiger partial charge in [-0.25, -0.2) is 0 Å². The summed E-state index contributed by atoms with van der Waals surface area (Å²) in [5, 5.41) is 6.19. The van der Waals surface area contributed by atoms with E-state index >= 15 is 0 Å². The summed E-state index contributed by atoms with van der Waals surface area (Å²) in [7, 11) is -4.46. The highest BCUT2D eigenvalue weighted by atomic mass is 35.5. The number of halogens is 1. The van der Waals surface area contributed by atoms with Crippen molar-refractivity contribution >= 4 is 48.7 Å². The van der Waals surface area contributed by atoms with Crippen molar-refractivity contribution in [2.75, 3.05) is 0 Å². The Bertz CT molecular complexity index is 1300. The van der Waals surface area contributed by atoms with Gasteiger partial charge in [0.15, 0.2) is 0 Å². The largest absolute Gasteiger partial charge is 0.534 e. The highest BCUT2D eigenvalue weighted by Gasteiger charge is 2.52. The van der Waals surface area contributed by atoms with E-state index in [2.05, 4.69) is 125 Å². The van der Waals surface area contributed by atoms with Crippen molar-refractivity contribution < 1.29 is 4.43 Å². The Balaban J connectivity index is 1.70. The minimum Gasteiger partial charge on any atom is -0.534 e. The topological polar surface area (TPSA) is 9.23 Å². The first-order valence-corrected chi connectivity index (χ1v) is 17.2. The summed E-state index contributed by atoms with van der Waals surface area (Å²) >= 11 is 6.40. The van der Waals surface area contributed by atoms with Crippen LogP contribution in [0.2, 0.25) is 23.2 Å². The Morgan fingerprint density at radius 1 is 0.676 bits per heavy atom. The molecule has 34 heavy (non-hydrogen) atoms. The van der Waals surface area contributed by atoms with Gasteiger partial charge in [-0.2, -0.15) is 0 Å². The second-order valence-electron chi connectivity index (χ2n) is 10.8. The van der Waals surface area contributed by atoms with Gasteiger partial charge in [-0.05, 0) is 61.2 Å². The molecule has 0 amide bonds. The number of benzene rings is 4. The number of fused-ring (bicyclic) bond motifs is 3. The number of rotatable bonds is 4. The molecule has 0 N–H and O–H groups in total. The summed E-state index contributed by atoms with van der Waals surface area (Å²) in [5.74, 6) is 0.945. The normalized spacial score (nSPS) is 14.4. The molecule has 4 aromatic carbocycles. The van der Waals surface area contributed by atoms with E-state index in [0.717, 1.165) is 10.8 Å². The van der Waals surface area contributed by atoms with Gasteiger partial charge in [-0.15, -0.1) is 0 Å². The third-order valence-corrected chi connectivity index (χ3v) is 16.0. The van der Waals surface area contributed by atoms with Crippen LogP contribution in [0, 0.1) is 0 Å². The zero-order valence-corrected chi connectivity index (χ0v) is 23.3. The van der Waals surface area contributed by atoms with Crippen molar-refractivity contribution in [1.82, 2.24) is 0 Å². The van der Waals surface area contributed by atoms with E-state index in [-0.39, 0.29) is 5.04 Å². The molecule has 0 saturated heterocycles. The minimum atomic E-state index is -2.67. The molecule has 0 bridgehead atoms. The van der Waals surface area contributed by atoms with Gasteiger partial charge in [0.25, 0.3) is 0 Å². The molecule has 1 heterocycles. The molecule has 0 atom stereocenters.